The second-order valence-corrected chi connectivity index (χ2v) is 9.83. The standard InChI is InChI=1S/C30H29NO6/c1-19-10-13-25(24(14-19)30(2,3)4)35-18-27(32)36-22-12-11-21-15-23(29(34)37-26(21)16-22)28(33)31-17-20-8-6-5-7-9-20/h5-16H,17-18H2,1-4H3,(H,31,33). The molecule has 1 heterocycles. The van der Waals surface area contributed by atoms with E-state index < -0.39 is 17.5 Å². The summed E-state index contributed by atoms with van der Waals surface area (Å²) in [5, 5.41) is 3.24. The molecule has 0 fully saturated rings. The smallest absolute Gasteiger partial charge is 0.349 e. The molecule has 0 aliphatic rings. The lowest BCUT2D eigenvalue weighted by atomic mass is 9.85. The van der Waals surface area contributed by atoms with Crippen molar-refractivity contribution in [2.75, 3.05) is 6.61 Å². The fourth-order valence-corrected chi connectivity index (χ4v) is 3.84. The molecule has 0 saturated heterocycles. The van der Waals surface area contributed by atoms with E-state index in [0.29, 0.717) is 11.1 Å². The molecule has 37 heavy (non-hydrogen) atoms. The van der Waals surface area contributed by atoms with Crippen LogP contribution in [0.1, 0.15) is 47.8 Å². The van der Waals surface area contributed by atoms with E-state index in [2.05, 4.69) is 26.1 Å². The largest absolute Gasteiger partial charge is 0.482 e. The molecular formula is C30H29NO6. The van der Waals surface area contributed by atoms with Crippen LogP contribution >= 0.6 is 0 Å². The molecule has 190 valence electrons. The van der Waals surface area contributed by atoms with Crippen LogP contribution in [0.5, 0.6) is 11.5 Å². The molecule has 7 nitrogen and oxygen atoms in total. The Morgan fingerprint density at radius 2 is 1.70 bits per heavy atom. The van der Waals surface area contributed by atoms with Gasteiger partial charge in [-0.2, -0.15) is 0 Å². The number of hydrogen-bond acceptors (Lipinski definition) is 6. The number of ether oxygens (including phenoxy) is 2. The zero-order chi connectivity index (χ0) is 26.6. The van der Waals surface area contributed by atoms with Gasteiger partial charge >= 0.3 is 11.6 Å². The van der Waals surface area contributed by atoms with Crippen LogP contribution < -0.4 is 20.4 Å². The molecule has 7 heteroatoms. The number of aryl methyl sites for hydroxylation is 1. The van der Waals surface area contributed by atoms with Crippen LogP contribution in [0.2, 0.25) is 0 Å². The van der Waals surface area contributed by atoms with Crippen LogP contribution in [0.15, 0.2) is 82.0 Å². The molecule has 3 aromatic carbocycles. The molecule has 1 aromatic heterocycles. The highest BCUT2D eigenvalue weighted by atomic mass is 16.6. The van der Waals surface area contributed by atoms with Gasteiger partial charge in [-0.15, -0.1) is 0 Å². The van der Waals surface area contributed by atoms with E-state index in [4.69, 9.17) is 13.9 Å². The second kappa shape index (κ2) is 10.7. The Morgan fingerprint density at radius 3 is 2.43 bits per heavy atom. The van der Waals surface area contributed by atoms with Gasteiger partial charge in [-0.25, -0.2) is 9.59 Å². The molecule has 0 radical (unpaired) electrons. The minimum Gasteiger partial charge on any atom is -0.482 e. The molecule has 4 rings (SSSR count). The third-order valence-electron chi connectivity index (χ3n) is 5.77. The Bertz CT molecular complexity index is 1500. The van der Waals surface area contributed by atoms with E-state index in [-0.39, 0.29) is 35.5 Å². The van der Waals surface area contributed by atoms with Gasteiger partial charge in [-0.05, 0) is 47.7 Å². The van der Waals surface area contributed by atoms with Gasteiger partial charge in [-0.1, -0.05) is 68.8 Å². The Balaban J connectivity index is 1.43. The Labute approximate surface area is 215 Å². The first-order valence-corrected chi connectivity index (χ1v) is 11.9. The number of esters is 1. The van der Waals surface area contributed by atoms with Crippen molar-refractivity contribution in [2.24, 2.45) is 0 Å². The van der Waals surface area contributed by atoms with Crippen molar-refractivity contribution in [2.45, 2.75) is 39.7 Å². The minimum absolute atomic E-state index is 0.102. The number of carbonyl (C=O) groups excluding carboxylic acids is 2. The number of hydrogen-bond donors (Lipinski definition) is 1. The van der Waals surface area contributed by atoms with Gasteiger partial charge in [0.15, 0.2) is 6.61 Å². The highest BCUT2D eigenvalue weighted by Crippen LogP contribution is 2.32. The summed E-state index contributed by atoms with van der Waals surface area (Å²) in [4.78, 5) is 37.5. The van der Waals surface area contributed by atoms with Crippen molar-refractivity contribution in [3.05, 3.63) is 105 Å². The molecule has 0 aliphatic carbocycles. The van der Waals surface area contributed by atoms with Crippen LogP contribution in [0.25, 0.3) is 11.0 Å². The van der Waals surface area contributed by atoms with Crippen LogP contribution in [0, 0.1) is 6.92 Å². The first kappa shape index (κ1) is 25.7. The van der Waals surface area contributed by atoms with Gasteiger partial charge < -0.3 is 19.2 Å². The predicted molar refractivity (Wildman–Crippen MR) is 141 cm³/mol. The summed E-state index contributed by atoms with van der Waals surface area (Å²) >= 11 is 0. The van der Waals surface area contributed by atoms with Crippen LogP contribution in [-0.4, -0.2) is 18.5 Å². The van der Waals surface area contributed by atoms with Gasteiger partial charge in [-0.3, -0.25) is 4.79 Å². The molecule has 0 bridgehead atoms. The SMILES string of the molecule is Cc1ccc(OCC(=O)Oc2ccc3cc(C(=O)NCc4ccccc4)c(=O)oc3c2)c(C(C)(C)C)c1. The average Bonchev–Trinajstić information content (AvgIpc) is 2.86. The van der Waals surface area contributed by atoms with Crippen molar-refractivity contribution < 1.29 is 23.5 Å². The average molecular weight is 500 g/mol. The van der Waals surface area contributed by atoms with Crippen LogP contribution in [-0.2, 0) is 16.8 Å². The second-order valence-electron chi connectivity index (χ2n) is 9.83. The first-order valence-electron chi connectivity index (χ1n) is 11.9. The number of fused-ring (bicyclic) bond motifs is 1. The monoisotopic (exact) mass is 499 g/mol. The summed E-state index contributed by atoms with van der Waals surface area (Å²) < 4.78 is 16.5. The molecule has 0 spiro atoms. The van der Waals surface area contributed by atoms with Crippen molar-refractivity contribution in [1.29, 1.82) is 0 Å². The van der Waals surface area contributed by atoms with E-state index in [1.54, 1.807) is 12.1 Å². The van der Waals surface area contributed by atoms with Gasteiger partial charge in [0, 0.05) is 18.0 Å². The maximum atomic E-state index is 12.5. The summed E-state index contributed by atoms with van der Waals surface area (Å²) in [6.07, 6.45) is 0. The number of amides is 1. The van der Waals surface area contributed by atoms with Crippen LogP contribution in [0.4, 0.5) is 0 Å². The minimum atomic E-state index is -0.779. The van der Waals surface area contributed by atoms with Crippen molar-refractivity contribution in [1.82, 2.24) is 5.32 Å². The summed E-state index contributed by atoms with van der Waals surface area (Å²) in [5.74, 6) is -0.306. The molecule has 0 aliphatic heterocycles. The third-order valence-corrected chi connectivity index (χ3v) is 5.77. The van der Waals surface area contributed by atoms with Crippen molar-refractivity contribution in [3.63, 3.8) is 0 Å². The van der Waals surface area contributed by atoms with Crippen LogP contribution in [0.3, 0.4) is 0 Å². The summed E-state index contributed by atoms with van der Waals surface area (Å²) in [5.41, 5.74) is 2.18. The Kier molecular flexibility index (Phi) is 7.43. The number of rotatable bonds is 7. The zero-order valence-electron chi connectivity index (χ0n) is 21.3. The Morgan fingerprint density at radius 1 is 0.946 bits per heavy atom. The Hall–Kier alpha value is -4.39. The maximum Gasteiger partial charge on any atom is 0.349 e. The number of carbonyl (C=O) groups is 2. The molecular weight excluding hydrogens is 470 g/mol. The zero-order valence-corrected chi connectivity index (χ0v) is 21.3. The molecule has 0 unspecified atom stereocenters. The fourth-order valence-electron chi connectivity index (χ4n) is 3.84. The topological polar surface area (TPSA) is 94.8 Å². The summed E-state index contributed by atoms with van der Waals surface area (Å²) in [6.45, 7) is 8.24. The summed E-state index contributed by atoms with van der Waals surface area (Å²) in [6, 6.07) is 21.3. The van der Waals surface area contributed by atoms with E-state index in [1.807, 2.05) is 55.5 Å². The van der Waals surface area contributed by atoms with Crippen molar-refractivity contribution in [3.8, 4) is 11.5 Å². The van der Waals surface area contributed by atoms with Crippen molar-refractivity contribution >= 4 is 22.8 Å². The normalized spacial score (nSPS) is 11.2. The van der Waals surface area contributed by atoms with Gasteiger partial charge in [0.2, 0.25) is 0 Å². The fraction of sp³-hybridized carbons (Fsp3) is 0.233. The van der Waals surface area contributed by atoms with E-state index in [0.717, 1.165) is 16.7 Å². The molecule has 1 amide bonds. The quantitative estimate of drug-likeness (QED) is 0.210. The molecule has 0 saturated carbocycles. The first-order chi connectivity index (χ1) is 17.6. The highest BCUT2D eigenvalue weighted by molar-refractivity contribution is 5.96. The van der Waals surface area contributed by atoms with E-state index in [1.165, 1.54) is 12.1 Å². The summed E-state index contributed by atoms with van der Waals surface area (Å²) in [7, 11) is 0. The van der Waals surface area contributed by atoms with E-state index >= 15 is 0 Å². The lowest BCUT2D eigenvalue weighted by molar-refractivity contribution is -0.136. The maximum absolute atomic E-state index is 12.5. The molecule has 0 atom stereocenters. The predicted octanol–water partition coefficient (Wildman–Crippen LogP) is 5.31. The molecule has 4 aromatic rings. The number of benzene rings is 3. The van der Waals surface area contributed by atoms with E-state index in [9.17, 15) is 14.4 Å². The van der Waals surface area contributed by atoms with Gasteiger partial charge in [0.1, 0.15) is 22.6 Å². The highest BCUT2D eigenvalue weighted by Gasteiger charge is 2.20. The lowest BCUT2D eigenvalue weighted by Gasteiger charge is -2.23. The third kappa shape index (κ3) is 6.44. The van der Waals surface area contributed by atoms with Gasteiger partial charge in [0.25, 0.3) is 5.91 Å². The van der Waals surface area contributed by atoms with Gasteiger partial charge in [0.05, 0.1) is 0 Å². The molecule has 1 N–H and O–H groups in total. The lowest BCUT2D eigenvalue weighted by Crippen LogP contribution is -2.27. The number of nitrogens with one attached hydrogen (secondary N) is 1.